The Balaban J connectivity index is 1.34. The van der Waals surface area contributed by atoms with Gasteiger partial charge in [0.15, 0.2) is 5.13 Å². The summed E-state index contributed by atoms with van der Waals surface area (Å²) in [6.45, 7) is 1.55. The highest BCUT2D eigenvalue weighted by molar-refractivity contribution is 7.98. The molecule has 1 saturated heterocycles. The van der Waals surface area contributed by atoms with Crippen LogP contribution in [0.2, 0.25) is 0 Å². The standard InChI is InChI=1S/C16H18N6OS2/c1-2-5-12(6-3-1)17-15-18-13(10-24-15)11-25-16-19-20-21-22(16)9-14-7-4-8-23-14/h1-3,5-6,10,14H,4,7-9,11H2,(H,17,18). The first kappa shape index (κ1) is 16.5. The van der Waals surface area contributed by atoms with Gasteiger partial charge in [0, 0.05) is 23.4 Å². The summed E-state index contributed by atoms with van der Waals surface area (Å²) in [6, 6.07) is 10.0. The highest BCUT2D eigenvalue weighted by Gasteiger charge is 2.19. The molecule has 1 N–H and O–H groups in total. The maximum atomic E-state index is 5.66. The lowest BCUT2D eigenvalue weighted by Gasteiger charge is -2.09. The average molecular weight is 374 g/mol. The largest absolute Gasteiger partial charge is 0.376 e. The normalized spacial score (nSPS) is 17.0. The molecular formula is C16H18N6OS2. The van der Waals surface area contributed by atoms with Crippen LogP contribution in [0.5, 0.6) is 0 Å². The number of anilines is 2. The van der Waals surface area contributed by atoms with Gasteiger partial charge in [-0.3, -0.25) is 0 Å². The molecule has 7 nitrogen and oxygen atoms in total. The molecule has 0 spiro atoms. The quantitative estimate of drug-likeness (QED) is 0.635. The number of rotatable bonds is 7. The van der Waals surface area contributed by atoms with E-state index < -0.39 is 0 Å². The van der Waals surface area contributed by atoms with Crippen LogP contribution in [0.25, 0.3) is 0 Å². The lowest BCUT2D eigenvalue weighted by Crippen LogP contribution is -2.16. The van der Waals surface area contributed by atoms with Crippen molar-refractivity contribution in [1.29, 1.82) is 0 Å². The fourth-order valence-corrected chi connectivity index (χ4v) is 4.22. The number of para-hydroxylation sites is 1. The molecule has 2 aromatic heterocycles. The van der Waals surface area contributed by atoms with Crippen LogP contribution in [0, 0.1) is 0 Å². The molecule has 1 aliphatic heterocycles. The van der Waals surface area contributed by atoms with Crippen molar-refractivity contribution < 1.29 is 4.74 Å². The van der Waals surface area contributed by atoms with Gasteiger partial charge in [0.2, 0.25) is 5.16 Å². The molecule has 0 bridgehead atoms. The lowest BCUT2D eigenvalue weighted by molar-refractivity contribution is 0.0912. The molecule has 0 aliphatic carbocycles. The Morgan fingerprint density at radius 2 is 2.24 bits per heavy atom. The van der Waals surface area contributed by atoms with Crippen LogP contribution < -0.4 is 5.32 Å². The minimum Gasteiger partial charge on any atom is -0.376 e. The number of tetrazole rings is 1. The zero-order chi connectivity index (χ0) is 16.9. The molecule has 4 rings (SSSR count). The summed E-state index contributed by atoms with van der Waals surface area (Å²) in [5.41, 5.74) is 2.05. The minimum atomic E-state index is 0.226. The van der Waals surface area contributed by atoms with Gasteiger partial charge in [0.05, 0.1) is 18.3 Å². The van der Waals surface area contributed by atoms with E-state index in [4.69, 9.17) is 4.74 Å². The second-order valence-electron chi connectivity index (χ2n) is 5.70. The van der Waals surface area contributed by atoms with Crippen molar-refractivity contribution in [3.8, 4) is 0 Å². The van der Waals surface area contributed by atoms with Gasteiger partial charge in [-0.1, -0.05) is 30.0 Å². The smallest absolute Gasteiger partial charge is 0.209 e. The molecule has 1 aliphatic rings. The summed E-state index contributed by atoms with van der Waals surface area (Å²) >= 11 is 3.20. The molecule has 0 saturated carbocycles. The first-order valence-electron chi connectivity index (χ1n) is 8.14. The summed E-state index contributed by atoms with van der Waals surface area (Å²) in [6.07, 6.45) is 2.42. The maximum absolute atomic E-state index is 5.66. The number of benzene rings is 1. The van der Waals surface area contributed by atoms with E-state index in [0.29, 0.717) is 6.54 Å². The number of nitrogens with zero attached hydrogens (tertiary/aromatic N) is 5. The molecule has 1 unspecified atom stereocenters. The van der Waals surface area contributed by atoms with Gasteiger partial charge in [0.1, 0.15) is 0 Å². The number of thiazole rings is 1. The number of hydrogen-bond donors (Lipinski definition) is 1. The summed E-state index contributed by atoms with van der Waals surface area (Å²) < 4.78 is 7.49. The molecule has 1 fully saturated rings. The maximum Gasteiger partial charge on any atom is 0.209 e. The second kappa shape index (κ2) is 7.94. The number of ether oxygens (including phenoxy) is 1. The van der Waals surface area contributed by atoms with Crippen LogP contribution in [-0.4, -0.2) is 37.9 Å². The van der Waals surface area contributed by atoms with Crippen LogP contribution in [0.15, 0.2) is 40.9 Å². The Morgan fingerprint density at radius 1 is 1.32 bits per heavy atom. The molecule has 1 aromatic carbocycles. The second-order valence-corrected chi connectivity index (χ2v) is 7.50. The number of aromatic nitrogens is 5. The molecule has 25 heavy (non-hydrogen) atoms. The Hall–Kier alpha value is -1.97. The number of nitrogens with one attached hydrogen (secondary N) is 1. The fraction of sp³-hybridized carbons (Fsp3) is 0.375. The summed E-state index contributed by atoms with van der Waals surface area (Å²) in [4.78, 5) is 4.62. The molecule has 3 heterocycles. The first-order valence-corrected chi connectivity index (χ1v) is 10.0. The third-order valence-corrected chi connectivity index (χ3v) is 5.62. The van der Waals surface area contributed by atoms with Crippen LogP contribution in [0.4, 0.5) is 10.8 Å². The van der Waals surface area contributed by atoms with Gasteiger partial charge in [-0.15, -0.1) is 16.4 Å². The topological polar surface area (TPSA) is 77.8 Å². The number of hydrogen-bond acceptors (Lipinski definition) is 8. The van der Waals surface area contributed by atoms with E-state index in [1.54, 1.807) is 23.1 Å². The van der Waals surface area contributed by atoms with Crippen LogP contribution in [0.3, 0.4) is 0 Å². The molecule has 130 valence electrons. The highest BCUT2D eigenvalue weighted by Crippen LogP contribution is 2.26. The van der Waals surface area contributed by atoms with E-state index in [-0.39, 0.29) is 6.10 Å². The number of thioether (sulfide) groups is 1. The molecule has 1 atom stereocenters. The zero-order valence-electron chi connectivity index (χ0n) is 13.5. The Morgan fingerprint density at radius 3 is 3.08 bits per heavy atom. The molecular weight excluding hydrogens is 356 g/mol. The van der Waals surface area contributed by atoms with Crippen molar-refractivity contribution in [1.82, 2.24) is 25.2 Å². The lowest BCUT2D eigenvalue weighted by atomic mass is 10.2. The van der Waals surface area contributed by atoms with Crippen molar-refractivity contribution in [2.75, 3.05) is 11.9 Å². The van der Waals surface area contributed by atoms with E-state index in [0.717, 1.165) is 46.9 Å². The highest BCUT2D eigenvalue weighted by atomic mass is 32.2. The van der Waals surface area contributed by atoms with E-state index in [9.17, 15) is 0 Å². The van der Waals surface area contributed by atoms with Gasteiger partial charge >= 0.3 is 0 Å². The fourth-order valence-electron chi connectivity index (χ4n) is 2.61. The summed E-state index contributed by atoms with van der Waals surface area (Å²) in [5, 5.41) is 19.1. The van der Waals surface area contributed by atoms with Gasteiger partial charge in [-0.2, -0.15) is 0 Å². The Bertz CT molecular complexity index is 800. The van der Waals surface area contributed by atoms with E-state index >= 15 is 0 Å². The summed E-state index contributed by atoms with van der Waals surface area (Å²) in [7, 11) is 0. The molecule has 0 amide bonds. The van der Waals surface area contributed by atoms with Crippen molar-refractivity contribution in [3.63, 3.8) is 0 Å². The van der Waals surface area contributed by atoms with Gasteiger partial charge in [-0.05, 0) is 35.4 Å². The van der Waals surface area contributed by atoms with Gasteiger partial charge in [-0.25, -0.2) is 9.67 Å². The van der Waals surface area contributed by atoms with Crippen molar-refractivity contribution in [2.45, 2.75) is 36.4 Å². The Labute approximate surface area is 153 Å². The van der Waals surface area contributed by atoms with E-state index in [1.807, 2.05) is 35.0 Å². The Kier molecular flexibility index (Phi) is 5.24. The van der Waals surface area contributed by atoms with Crippen LogP contribution in [-0.2, 0) is 17.0 Å². The van der Waals surface area contributed by atoms with E-state index in [2.05, 4.69) is 31.2 Å². The molecule has 9 heteroatoms. The molecule has 3 aromatic rings. The third-order valence-electron chi connectivity index (χ3n) is 3.83. The predicted molar refractivity (Wildman–Crippen MR) is 98.2 cm³/mol. The third kappa shape index (κ3) is 4.36. The molecule has 0 radical (unpaired) electrons. The van der Waals surface area contributed by atoms with Crippen LogP contribution >= 0.6 is 23.1 Å². The first-order chi connectivity index (χ1) is 12.4. The van der Waals surface area contributed by atoms with Crippen molar-refractivity contribution in [2.24, 2.45) is 0 Å². The van der Waals surface area contributed by atoms with Crippen molar-refractivity contribution in [3.05, 3.63) is 41.4 Å². The van der Waals surface area contributed by atoms with Crippen molar-refractivity contribution >= 4 is 33.9 Å². The SMILES string of the molecule is c1ccc(Nc2nc(CSc3nnnn3CC3CCCO3)cs2)cc1. The van der Waals surface area contributed by atoms with Gasteiger partial charge < -0.3 is 10.1 Å². The van der Waals surface area contributed by atoms with Gasteiger partial charge in [0.25, 0.3) is 0 Å². The average Bonchev–Trinajstić information content (AvgIpc) is 3.37. The van der Waals surface area contributed by atoms with E-state index in [1.165, 1.54) is 0 Å². The predicted octanol–water partition coefficient (Wildman–Crippen LogP) is 3.34. The summed E-state index contributed by atoms with van der Waals surface area (Å²) in [5.74, 6) is 0.735. The minimum absolute atomic E-state index is 0.226. The zero-order valence-corrected chi connectivity index (χ0v) is 15.2. The monoisotopic (exact) mass is 374 g/mol. The van der Waals surface area contributed by atoms with Crippen LogP contribution in [0.1, 0.15) is 18.5 Å².